The molecule has 2 aromatic heterocycles. The summed E-state index contributed by atoms with van der Waals surface area (Å²) in [6, 6.07) is 9.91. The molecule has 0 atom stereocenters. The highest BCUT2D eigenvalue weighted by Crippen LogP contribution is 2.33. The van der Waals surface area contributed by atoms with E-state index in [1.165, 1.54) is 0 Å². The predicted molar refractivity (Wildman–Crippen MR) is 94.2 cm³/mol. The summed E-state index contributed by atoms with van der Waals surface area (Å²) in [7, 11) is 2.01. The molecule has 0 unspecified atom stereocenters. The van der Waals surface area contributed by atoms with E-state index in [9.17, 15) is 0 Å². The third kappa shape index (κ3) is 2.86. The molecule has 0 amide bonds. The minimum Gasteiger partial charge on any atom is -0.454 e. The Labute approximate surface area is 146 Å². The molecule has 0 saturated carbocycles. The number of benzene rings is 1. The Bertz CT molecular complexity index is 929. The van der Waals surface area contributed by atoms with Crippen LogP contribution in [0, 0.1) is 0 Å². The molecule has 1 aliphatic rings. The van der Waals surface area contributed by atoms with Gasteiger partial charge in [0.05, 0.1) is 0 Å². The topological polar surface area (TPSA) is 64.8 Å². The summed E-state index contributed by atoms with van der Waals surface area (Å²) in [6.45, 7) is 7.31. The Balaban J connectivity index is 1.62. The molecule has 0 aliphatic carbocycles. The average Bonchev–Trinajstić information content (AvgIpc) is 3.19. The van der Waals surface area contributed by atoms with Crippen molar-refractivity contribution in [3.8, 4) is 11.5 Å². The fourth-order valence-corrected chi connectivity index (χ4v) is 2.84. The molecule has 0 spiro atoms. The Morgan fingerprint density at radius 3 is 2.68 bits per heavy atom. The van der Waals surface area contributed by atoms with Gasteiger partial charge in [-0.1, -0.05) is 26.8 Å². The fourth-order valence-electron chi connectivity index (χ4n) is 2.84. The summed E-state index contributed by atoms with van der Waals surface area (Å²) in [5.74, 6) is 3.30. The Hall–Kier alpha value is -2.83. The van der Waals surface area contributed by atoms with Crippen LogP contribution in [0.15, 0.2) is 30.3 Å². The van der Waals surface area contributed by atoms with E-state index in [0.717, 1.165) is 34.4 Å². The monoisotopic (exact) mass is 339 g/mol. The van der Waals surface area contributed by atoms with Gasteiger partial charge in [0.15, 0.2) is 23.0 Å². The lowest BCUT2D eigenvalue weighted by Crippen LogP contribution is -2.21. The van der Waals surface area contributed by atoms with Gasteiger partial charge in [-0.3, -0.25) is 0 Å². The van der Waals surface area contributed by atoms with Gasteiger partial charge in [0, 0.05) is 19.0 Å². The SMILES string of the molecule is CN(Cc1ccc2c(c1)OCO2)c1ccc2nnc(C(C)(C)C)n2n1. The first kappa shape index (κ1) is 15.7. The van der Waals surface area contributed by atoms with Gasteiger partial charge in [-0.25, -0.2) is 0 Å². The van der Waals surface area contributed by atoms with Gasteiger partial charge in [0.25, 0.3) is 0 Å². The normalized spacial score (nSPS) is 13.4. The van der Waals surface area contributed by atoms with Crippen LogP contribution in [0.3, 0.4) is 0 Å². The zero-order chi connectivity index (χ0) is 17.6. The molecule has 0 bridgehead atoms. The highest BCUT2D eigenvalue weighted by Gasteiger charge is 2.22. The van der Waals surface area contributed by atoms with Crippen LogP contribution in [-0.4, -0.2) is 33.7 Å². The van der Waals surface area contributed by atoms with Crippen LogP contribution in [0.1, 0.15) is 32.2 Å². The molecule has 1 aliphatic heterocycles. The summed E-state index contributed by atoms with van der Waals surface area (Å²) < 4.78 is 12.6. The van der Waals surface area contributed by atoms with Gasteiger partial charge in [-0.2, -0.15) is 4.52 Å². The number of nitrogens with zero attached hydrogens (tertiary/aromatic N) is 5. The van der Waals surface area contributed by atoms with Crippen molar-refractivity contribution < 1.29 is 9.47 Å². The predicted octanol–water partition coefficient (Wildman–Crippen LogP) is 2.79. The molecule has 0 saturated heterocycles. The number of fused-ring (bicyclic) bond motifs is 2. The average molecular weight is 339 g/mol. The van der Waals surface area contributed by atoms with Gasteiger partial charge in [-0.15, -0.1) is 15.3 Å². The molecule has 0 fully saturated rings. The van der Waals surface area contributed by atoms with E-state index in [2.05, 4.69) is 35.9 Å². The molecule has 3 aromatic rings. The molecular weight excluding hydrogens is 318 g/mol. The summed E-state index contributed by atoms with van der Waals surface area (Å²) >= 11 is 0. The van der Waals surface area contributed by atoms with Gasteiger partial charge < -0.3 is 14.4 Å². The first-order chi connectivity index (χ1) is 11.9. The number of ether oxygens (including phenoxy) is 2. The van der Waals surface area contributed by atoms with E-state index in [1.54, 1.807) is 0 Å². The Morgan fingerprint density at radius 2 is 1.88 bits per heavy atom. The van der Waals surface area contributed by atoms with Gasteiger partial charge >= 0.3 is 0 Å². The van der Waals surface area contributed by atoms with Gasteiger partial charge in [0.2, 0.25) is 6.79 Å². The number of aromatic nitrogens is 4. The van der Waals surface area contributed by atoms with Crippen LogP contribution in [0.2, 0.25) is 0 Å². The maximum absolute atomic E-state index is 5.45. The van der Waals surface area contributed by atoms with Gasteiger partial charge in [-0.05, 0) is 29.8 Å². The number of anilines is 1. The number of hydrogen-bond donors (Lipinski definition) is 0. The molecule has 0 radical (unpaired) electrons. The van der Waals surface area contributed by atoms with E-state index in [1.807, 2.05) is 41.9 Å². The Kier molecular flexibility index (Phi) is 3.52. The fraction of sp³-hybridized carbons (Fsp3) is 0.389. The van der Waals surface area contributed by atoms with Crippen molar-refractivity contribution in [2.45, 2.75) is 32.7 Å². The molecule has 0 N–H and O–H groups in total. The van der Waals surface area contributed by atoms with Crippen LogP contribution in [-0.2, 0) is 12.0 Å². The second kappa shape index (κ2) is 5.61. The van der Waals surface area contributed by atoms with Gasteiger partial charge in [0.1, 0.15) is 5.82 Å². The highest BCUT2D eigenvalue weighted by molar-refractivity contribution is 5.48. The standard InChI is InChI=1S/C18H21N5O2/c1-18(2,3)17-20-19-15-7-8-16(21-23(15)17)22(4)10-12-5-6-13-14(9-12)25-11-24-13/h5-9H,10-11H2,1-4H3. The zero-order valence-corrected chi connectivity index (χ0v) is 14.9. The first-order valence-corrected chi connectivity index (χ1v) is 8.24. The highest BCUT2D eigenvalue weighted by atomic mass is 16.7. The summed E-state index contributed by atoms with van der Waals surface area (Å²) in [6.07, 6.45) is 0. The van der Waals surface area contributed by atoms with Crippen LogP contribution in [0.25, 0.3) is 5.65 Å². The van der Waals surface area contributed by atoms with E-state index < -0.39 is 0 Å². The molecule has 130 valence electrons. The van der Waals surface area contributed by atoms with Crippen molar-refractivity contribution in [2.24, 2.45) is 0 Å². The summed E-state index contributed by atoms with van der Waals surface area (Å²) in [5.41, 5.74) is 1.76. The Morgan fingerprint density at radius 1 is 1.08 bits per heavy atom. The van der Waals surface area contributed by atoms with Crippen molar-refractivity contribution in [1.82, 2.24) is 19.8 Å². The molecule has 4 rings (SSSR count). The smallest absolute Gasteiger partial charge is 0.231 e. The van der Waals surface area contributed by atoms with E-state index in [0.29, 0.717) is 6.54 Å². The van der Waals surface area contributed by atoms with Crippen LogP contribution >= 0.6 is 0 Å². The minimum atomic E-state index is -0.124. The van der Waals surface area contributed by atoms with Crippen molar-refractivity contribution in [3.63, 3.8) is 0 Å². The van der Waals surface area contributed by atoms with Crippen LogP contribution in [0.4, 0.5) is 5.82 Å². The van der Waals surface area contributed by atoms with E-state index in [4.69, 9.17) is 14.6 Å². The second-order valence-electron chi connectivity index (χ2n) is 7.28. The lowest BCUT2D eigenvalue weighted by molar-refractivity contribution is 0.174. The minimum absolute atomic E-state index is 0.124. The zero-order valence-electron chi connectivity index (χ0n) is 14.9. The summed E-state index contributed by atoms with van der Waals surface area (Å²) in [5, 5.41) is 13.2. The van der Waals surface area contributed by atoms with Crippen LogP contribution in [0.5, 0.6) is 11.5 Å². The second-order valence-corrected chi connectivity index (χ2v) is 7.28. The molecule has 7 nitrogen and oxygen atoms in total. The molecule has 7 heteroatoms. The van der Waals surface area contributed by atoms with E-state index >= 15 is 0 Å². The van der Waals surface area contributed by atoms with E-state index in [-0.39, 0.29) is 12.2 Å². The summed E-state index contributed by atoms with van der Waals surface area (Å²) in [4.78, 5) is 2.09. The molecule has 25 heavy (non-hydrogen) atoms. The first-order valence-electron chi connectivity index (χ1n) is 8.24. The lowest BCUT2D eigenvalue weighted by Gasteiger charge is -2.20. The number of hydrogen-bond acceptors (Lipinski definition) is 6. The van der Waals surface area contributed by atoms with Crippen molar-refractivity contribution >= 4 is 11.5 Å². The quantitative estimate of drug-likeness (QED) is 0.731. The maximum Gasteiger partial charge on any atom is 0.231 e. The molecule has 3 heterocycles. The lowest BCUT2D eigenvalue weighted by atomic mass is 9.96. The van der Waals surface area contributed by atoms with Crippen molar-refractivity contribution in [1.29, 1.82) is 0 Å². The third-order valence-corrected chi connectivity index (χ3v) is 4.17. The van der Waals surface area contributed by atoms with Crippen LogP contribution < -0.4 is 14.4 Å². The van der Waals surface area contributed by atoms with Crippen molar-refractivity contribution in [3.05, 3.63) is 41.7 Å². The largest absolute Gasteiger partial charge is 0.454 e. The van der Waals surface area contributed by atoms with Crippen molar-refractivity contribution in [2.75, 3.05) is 18.7 Å². The maximum atomic E-state index is 5.45. The number of rotatable bonds is 3. The molecule has 1 aromatic carbocycles. The molecular formula is C18H21N5O2. The third-order valence-electron chi connectivity index (χ3n) is 4.17.